The van der Waals surface area contributed by atoms with Crippen LogP contribution in [0.5, 0.6) is 0 Å². The number of hydrogen-bond donors (Lipinski definition) is 1. The van der Waals surface area contributed by atoms with Gasteiger partial charge in [0.25, 0.3) is 0 Å². The normalized spacial score (nSPS) is 13.0. The molecular formula is C8H9FIN. The summed E-state index contributed by atoms with van der Waals surface area (Å²) in [6, 6.07) is 7.09. The van der Waals surface area contributed by atoms with Crippen LogP contribution in [-0.4, -0.2) is 6.67 Å². The molecule has 0 aliphatic rings. The van der Waals surface area contributed by atoms with Gasteiger partial charge in [0, 0.05) is 3.57 Å². The van der Waals surface area contributed by atoms with E-state index in [4.69, 9.17) is 5.73 Å². The van der Waals surface area contributed by atoms with E-state index in [2.05, 4.69) is 22.6 Å². The highest BCUT2D eigenvalue weighted by Crippen LogP contribution is 2.17. The molecular weight excluding hydrogens is 256 g/mol. The Morgan fingerprint density at radius 1 is 1.45 bits per heavy atom. The predicted molar refractivity (Wildman–Crippen MR) is 52.1 cm³/mol. The second-order valence-corrected chi connectivity index (χ2v) is 3.44. The Morgan fingerprint density at radius 3 is 2.64 bits per heavy atom. The van der Waals surface area contributed by atoms with Gasteiger partial charge in [-0.3, -0.25) is 0 Å². The summed E-state index contributed by atoms with van der Waals surface area (Å²) in [7, 11) is 0. The van der Waals surface area contributed by atoms with Gasteiger partial charge in [-0.15, -0.1) is 0 Å². The van der Waals surface area contributed by atoms with Crippen molar-refractivity contribution in [1.82, 2.24) is 0 Å². The van der Waals surface area contributed by atoms with Gasteiger partial charge in [0.2, 0.25) is 0 Å². The molecule has 1 unspecified atom stereocenters. The number of halogens is 2. The maximum atomic E-state index is 12.1. The molecule has 2 N–H and O–H groups in total. The molecule has 11 heavy (non-hydrogen) atoms. The number of benzene rings is 1. The van der Waals surface area contributed by atoms with Crippen LogP contribution in [0.2, 0.25) is 0 Å². The first-order valence-electron chi connectivity index (χ1n) is 3.31. The van der Waals surface area contributed by atoms with Gasteiger partial charge in [0.05, 0.1) is 6.04 Å². The van der Waals surface area contributed by atoms with Crippen molar-refractivity contribution < 1.29 is 4.39 Å². The lowest BCUT2D eigenvalue weighted by molar-refractivity contribution is 0.436. The van der Waals surface area contributed by atoms with E-state index in [-0.39, 0.29) is 0 Å². The van der Waals surface area contributed by atoms with E-state index in [1.54, 1.807) is 0 Å². The van der Waals surface area contributed by atoms with Crippen LogP contribution in [0.15, 0.2) is 24.3 Å². The molecule has 0 spiro atoms. The highest BCUT2D eigenvalue weighted by molar-refractivity contribution is 14.1. The van der Waals surface area contributed by atoms with Gasteiger partial charge in [-0.1, -0.05) is 18.2 Å². The molecule has 1 rings (SSSR count). The molecule has 0 radical (unpaired) electrons. The van der Waals surface area contributed by atoms with E-state index in [1.807, 2.05) is 24.3 Å². The van der Waals surface area contributed by atoms with Crippen molar-refractivity contribution in [3.8, 4) is 0 Å². The summed E-state index contributed by atoms with van der Waals surface area (Å²) >= 11 is 2.15. The van der Waals surface area contributed by atoms with Gasteiger partial charge in [-0.2, -0.15) is 0 Å². The molecule has 1 aromatic carbocycles. The minimum absolute atomic E-state index is 0.469. The van der Waals surface area contributed by atoms with Crippen molar-refractivity contribution in [1.29, 1.82) is 0 Å². The average molecular weight is 265 g/mol. The molecule has 0 bridgehead atoms. The van der Waals surface area contributed by atoms with E-state index in [9.17, 15) is 4.39 Å². The van der Waals surface area contributed by atoms with Gasteiger partial charge >= 0.3 is 0 Å². The average Bonchev–Trinajstić information content (AvgIpc) is 2.04. The van der Waals surface area contributed by atoms with Crippen LogP contribution >= 0.6 is 22.6 Å². The van der Waals surface area contributed by atoms with E-state index in [0.717, 1.165) is 9.13 Å². The Labute approximate surface area is 78.9 Å². The molecule has 1 atom stereocenters. The summed E-state index contributed by atoms with van der Waals surface area (Å²) in [5, 5.41) is 0. The molecule has 1 nitrogen and oxygen atoms in total. The number of rotatable bonds is 2. The zero-order valence-electron chi connectivity index (χ0n) is 5.93. The van der Waals surface area contributed by atoms with Crippen LogP contribution in [0.1, 0.15) is 11.6 Å². The molecule has 0 aliphatic heterocycles. The molecule has 60 valence electrons. The van der Waals surface area contributed by atoms with E-state index < -0.39 is 12.7 Å². The standard InChI is InChI=1S/C8H9FIN/c9-5-8(11)6-3-1-2-4-7(6)10/h1-4,8H,5,11H2. The Bertz CT molecular complexity index is 239. The first-order chi connectivity index (χ1) is 5.25. The third-order valence-electron chi connectivity index (χ3n) is 1.47. The molecule has 0 saturated heterocycles. The lowest BCUT2D eigenvalue weighted by atomic mass is 10.1. The zero-order valence-corrected chi connectivity index (χ0v) is 8.08. The minimum atomic E-state index is -0.500. The van der Waals surface area contributed by atoms with Gasteiger partial charge in [-0.05, 0) is 34.2 Å². The van der Waals surface area contributed by atoms with E-state index in [1.165, 1.54) is 0 Å². The number of nitrogens with two attached hydrogens (primary N) is 1. The Kier molecular flexibility index (Phi) is 3.26. The number of hydrogen-bond acceptors (Lipinski definition) is 1. The van der Waals surface area contributed by atoms with E-state index >= 15 is 0 Å². The number of alkyl halides is 1. The van der Waals surface area contributed by atoms with Crippen LogP contribution in [0.4, 0.5) is 4.39 Å². The molecule has 0 aliphatic carbocycles. The lowest BCUT2D eigenvalue weighted by Crippen LogP contribution is -2.13. The van der Waals surface area contributed by atoms with Crippen molar-refractivity contribution in [2.45, 2.75) is 6.04 Å². The first kappa shape index (κ1) is 8.93. The third kappa shape index (κ3) is 2.13. The van der Waals surface area contributed by atoms with Crippen LogP contribution in [0.3, 0.4) is 0 Å². The molecule has 0 heterocycles. The van der Waals surface area contributed by atoms with E-state index in [0.29, 0.717) is 0 Å². The van der Waals surface area contributed by atoms with Crippen molar-refractivity contribution in [3.05, 3.63) is 33.4 Å². The summed E-state index contributed by atoms with van der Waals surface area (Å²) < 4.78 is 13.1. The van der Waals surface area contributed by atoms with Crippen molar-refractivity contribution >= 4 is 22.6 Å². The maximum Gasteiger partial charge on any atom is 0.109 e. The van der Waals surface area contributed by atoms with Crippen molar-refractivity contribution in [3.63, 3.8) is 0 Å². The summed E-state index contributed by atoms with van der Waals surface area (Å²) in [6.07, 6.45) is 0. The quantitative estimate of drug-likeness (QED) is 0.815. The first-order valence-corrected chi connectivity index (χ1v) is 4.39. The van der Waals surface area contributed by atoms with Crippen LogP contribution in [-0.2, 0) is 0 Å². The molecule has 1 aromatic rings. The monoisotopic (exact) mass is 265 g/mol. The molecule has 0 fully saturated rings. The lowest BCUT2D eigenvalue weighted by Gasteiger charge is -2.08. The fourth-order valence-corrected chi connectivity index (χ4v) is 1.65. The smallest absolute Gasteiger partial charge is 0.109 e. The second kappa shape index (κ2) is 4.01. The topological polar surface area (TPSA) is 26.0 Å². The molecule has 0 amide bonds. The second-order valence-electron chi connectivity index (χ2n) is 2.28. The highest BCUT2D eigenvalue weighted by Gasteiger charge is 2.07. The summed E-state index contributed by atoms with van der Waals surface area (Å²) in [5.74, 6) is 0. The maximum absolute atomic E-state index is 12.1. The summed E-state index contributed by atoms with van der Waals surface area (Å²) in [5.41, 5.74) is 6.40. The SMILES string of the molecule is NC(CF)c1ccccc1I. The Hall–Kier alpha value is -0.160. The fraction of sp³-hybridized carbons (Fsp3) is 0.250. The summed E-state index contributed by atoms with van der Waals surface area (Å²) in [6.45, 7) is -0.500. The van der Waals surface area contributed by atoms with Crippen LogP contribution in [0.25, 0.3) is 0 Å². The third-order valence-corrected chi connectivity index (χ3v) is 2.45. The predicted octanol–water partition coefficient (Wildman–Crippen LogP) is 2.26. The van der Waals surface area contributed by atoms with Gasteiger partial charge in [-0.25, -0.2) is 4.39 Å². The molecule has 0 aromatic heterocycles. The van der Waals surface area contributed by atoms with Crippen LogP contribution < -0.4 is 5.73 Å². The van der Waals surface area contributed by atoms with Crippen molar-refractivity contribution in [2.24, 2.45) is 5.73 Å². The fourth-order valence-electron chi connectivity index (χ4n) is 0.859. The van der Waals surface area contributed by atoms with Crippen molar-refractivity contribution in [2.75, 3.05) is 6.67 Å². The zero-order chi connectivity index (χ0) is 8.27. The Balaban J connectivity index is 2.93. The minimum Gasteiger partial charge on any atom is -0.322 e. The van der Waals surface area contributed by atoms with Crippen LogP contribution in [0, 0.1) is 3.57 Å². The largest absolute Gasteiger partial charge is 0.322 e. The molecule has 0 saturated carbocycles. The van der Waals surface area contributed by atoms with Gasteiger partial charge < -0.3 is 5.73 Å². The summed E-state index contributed by atoms with van der Waals surface area (Å²) in [4.78, 5) is 0. The Morgan fingerprint density at radius 2 is 2.09 bits per heavy atom. The van der Waals surface area contributed by atoms with Gasteiger partial charge in [0.1, 0.15) is 6.67 Å². The highest BCUT2D eigenvalue weighted by atomic mass is 127. The molecule has 3 heteroatoms. The van der Waals surface area contributed by atoms with Gasteiger partial charge in [0.15, 0.2) is 0 Å².